The van der Waals surface area contributed by atoms with Crippen LogP contribution in [0.5, 0.6) is 0 Å². The van der Waals surface area contributed by atoms with Gasteiger partial charge in [-0.25, -0.2) is 9.18 Å². The number of alkyl halides is 1. The highest BCUT2D eigenvalue weighted by Gasteiger charge is 2.19. The van der Waals surface area contributed by atoms with E-state index in [-0.39, 0.29) is 12.5 Å². The third-order valence-corrected chi connectivity index (χ3v) is 1.91. The molecule has 5 heteroatoms. The van der Waals surface area contributed by atoms with Crippen molar-refractivity contribution in [2.24, 2.45) is 0 Å². The molecule has 3 nitrogen and oxygen atoms in total. The first-order valence-corrected chi connectivity index (χ1v) is 4.84. The molecule has 1 unspecified atom stereocenters. The molecule has 1 atom stereocenters. The SMILES string of the molecule is O=C(O)C(OCCCl)c1ccc(F)cc1. The maximum Gasteiger partial charge on any atom is 0.337 e. The fourth-order valence-electron chi connectivity index (χ4n) is 1.11. The Morgan fingerprint density at radius 1 is 1.47 bits per heavy atom. The minimum atomic E-state index is -1.12. The summed E-state index contributed by atoms with van der Waals surface area (Å²) < 4.78 is 17.6. The van der Waals surface area contributed by atoms with E-state index < -0.39 is 17.9 Å². The Hall–Kier alpha value is -1.13. The number of rotatable bonds is 5. The fourth-order valence-corrected chi connectivity index (χ4v) is 1.20. The van der Waals surface area contributed by atoms with Gasteiger partial charge in [-0.15, -0.1) is 11.6 Å². The third-order valence-electron chi connectivity index (χ3n) is 1.76. The van der Waals surface area contributed by atoms with Crippen LogP contribution < -0.4 is 0 Å². The predicted molar refractivity (Wildman–Crippen MR) is 53.4 cm³/mol. The molecule has 0 aliphatic rings. The molecule has 1 N–H and O–H groups in total. The van der Waals surface area contributed by atoms with E-state index in [0.29, 0.717) is 5.56 Å². The molecule has 0 amide bonds. The zero-order chi connectivity index (χ0) is 11.3. The molecule has 0 aliphatic heterocycles. The molecule has 0 bridgehead atoms. The van der Waals surface area contributed by atoms with Gasteiger partial charge in [0.25, 0.3) is 0 Å². The van der Waals surface area contributed by atoms with E-state index in [1.807, 2.05) is 0 Å². The highest BCUT2D eigenvalue weighted by molar-refractivity contribution is 6.17. The molecule has 0 aromatic heterocycles. The number of benzene rings is 1. The summed E-state index contributed by atoms with van der Waals surface area (Å²) in [6, 6.07) is 5.13. The van der Waals surface area contributed by atoms with Gasteiger partial charge in [0.1, 0.15) is 5.82 Å². The Balaban J connectivity index is 2.79. The lowest BCUT2D eigenvalue weighted by atomic mass is 10.1. The van der Waals surface area contributed by atoms with E-state index in [9.17, 15) is 9.18 Å². The van der Waals surface area contributed by atoms with Crippen molar-refractivity contribution in [3.05, 3.63) is 35.6 Å². The summed E-state index contributed by atoms with van der Waals surface area (Å²) in [5.41, 5.74) is 0.397. The Kier molecular flexibility index (Phi) is 4.52. The normalized spacial score (nSPS) is 12.4. The van der Waals surface area contributed by atoms with E-state index in [4.69, 9.17) is 21.4 Å². The molecule has 0 fully saturated rings. The van der Waals surface area contributed by atoms with Crippen molar-refractivity contribution < 1.29 is 19.0 Å². The molecule has 0 spiro atoms. The molecule has 1 aromatic rings. The maximum absolute atomic E-state index is 12.6. The number of hydrogen-bond donors (Lipinski definition) is 1. The van der Waals surface area contributed by atoms with E-state index in [1.54, 1.807) is 0 Å². The van der Waals surface area contributed by atoms with E-state index in [0.717, 1.165) is 0 Å². The summed E-state index contributed by atoms with van der Waals surface area (Å²) in [5, 5.41) is 8.86. The first-order valence-electron chi connectivity index (χ1n) is 4.31. The van der Waals surface area contributed by atoms with E-state index >= 15 is 0 Å². The summed E-state index contributed by atoms with van der Waals surface area (Å²) in [6.07, 6.45) is -1.09. The van der Waals surface area contributed by atoms with Gasteiger partial charge in [-0.3, -0.25) is 0 Å². The third kappa shape index (κ3) is 3.49. The van der Waals surface area contributed by atoms with Gasteiger partial charge >= 0.3 is 5.97 Å². The molecule has 0 radical (unpaired) electrons. The number of halogens is 2. The number of carbonyl (C=O) groups is 1. The van der Waals surface area contributed by atoms with Gasteiger partial charge in [0.15, 0.2) is 6.10 Å². The summed E-state index contributed by atoms with van der Waals surface area (Å²) in [6.45, 7) is 0.135. The van der Waals surface area contributed by atoms with Gasteiger partial charge in [0.05, 0.1) is 6.61 Å². The van der Waals surface area contributed by atoms with Crippen LogP contribution in [0, 0.1) is 5.82 Å². The highest BCUT2D eigenvalue weighted by atomic mass is 35.5. The minimum absolute atomic E-state index is 0.135. The quantitative estimate of drug-likeness (QED) is 0.792. The minimum Gasteiger partial charge on any atom is -0.479 e. The van der Waals surface area contributed by atoms with Crippen molar-refractivity contribution >= 4 is 17.6 Å². The maximum atomic E-state index is 12.6. The van der Waals surface area contributed by atoms with Crippen LogP contribution in [0.15, 0.2) is 24.3 Å². The van der Waals surface area contributed by atoms with Gasteiger partial charge in [0, 0.05) is 5.88 Å². The number of hydrogen-bond acceptors (Lipinski definition) is 2. The van der Waals surface area contributed by atoms with Gasteiger partial charge < -0.3 is 9.84 Å². The molecule has 1 rings (SSSR count). The van der Waals surface area contributed by atoms with Crippen LogP contribution in [-0.4, -0.2) is 23.6 Å². The van der Waals surface area contributed by atoms with Gasteiger partial charge in [-0.05, 0) is 17.7 Å². The molecular formula is C10H10ClFO3. The summed E-state index contributed by atoms with van der Waals surface area (Å²) in [5.74, 6) is -1.32. The van der Waals surface area contributed by atoms with Crippen molar-refractivity contribution in [2.75, 3.05) is 12.5 Å². The molecule has 0 saturated heterocycles. The molecule has 0 saturated carbocycles. The highest BCUT2D eigenvalue weighted by Crippen LogP contribution is 2.18. The number of ether oxygens (including phenoxy) is 1. The van der Waals surface area contributed by atoms with Gasteiger partial charge in [0.2, 0.25) is 0 Å². The summed E-state index contributed by atoms with van der Waals surface area (Å²) >= 11 is 5.39. The van der Waals surface area contributed by atoms with Crippen molar-refractivity contribution in [2.45, 2.75) is 6.10 Å². The standard InChI is InChI=1S/C10H10ClFO3/c11-5-6-15-9(10(13)14)7-1-3-8(12)4-2-7/h1-4,9H,5-6H2,(H,13,14). The first kappa shape index (κ1) is 11.9. The zero-order valence-corrected chi connectivity index (χ0v) is 8.58. The first-order chi connectivity index (χ1) is 7.15. The molecule has 0 heterocycles. The molecule has 82 valence electrons. The summed E-state index contributed by atoms with van der Waals surface area (Å²) in [7, 11) is 0. The monoisotopic (exact) mass is 232 g/mol. The van der Waals surface area contributed by atoms with E-state index in [2.05, 4.69) is 0 Å². The average Bonchev–Trinajstić information content (AvgIpc) is 2.21. The van der Waals surface area contributed by atoms with Crippen LogP contribution in [0.2, 0.25) is 0 Å². The lowest BCUT2D eigenvalue weighted by Crippen LogP contribution is -2.16. The zero-order valence-electron chi connectivity index (χ0n) is 7.82. The van der Waals surface area contributed by atoms with Crippen LogP contribution in [-0.2, 0) is 9.53 Å². The number of carboxylic acids is 1. The average molecular weight is 233 g/mol. The van der Waals surface area contributed by atoms with Crippen LogP contribution in [0.25, 0.3) is 0 Å². The predicted octanol–water partition coefficient (Wildman–Crippen LogP) is 2.21. The Bertz CT molecular complexity index is 326. The van der Waals surface area contributed by atoms with Crippen molar-refractivity contribution in [1.82, 2.24) is 0 Å². The molecule has 15 heavy (non-hydrogen) atoms. The molecular weight excluding hydrogens is 223 g/mol. The Morgan fingerprint density at radius 3 is 2.53 bits per heavy atom. The summed E-state index contributed by atoms with van der Waals surface area (Å²) in [4.78, 5) is 10.8. The fraction of sp³-hybridized carbons (Fsp3) is 0.300. The number of aliphatic carboxylic acids is 1. The van der Waals surface area contributed by atoms with Crippen molar-refractivity contribution in [3.8, 4) is 0 Å². The second-order valence-corrected chi connectivity index (χ2v) is 3.21. The van der Waals surface area contributed by atoms with Gasteiger partial charge in [-0.1, -0.05) is 12.1 Å². The Morgan fingerprint density at radius 2 is 2.07 bits per heavy atom. The van der Waals surface area contributed by atoms with E-state index in [1.165, 1.54) is 24.3 Å². The molecule has 1 aromatic carbocycles. The Labute approximate surface area is 91.4 Å². The second kappa shape index (κ2) is 5.68. The van der Waals surface area contributed by atoms with Crippen LogP contribution in [0.3, 0.4) is 0 Å². The van der Waals surface area contributed by atoms with Crippen LogP contribution in [0.1, 0.15) is 11.7 Å². The second-order valence-electron chi connectivity index (χ2n) is 2.83. The van der Waals surface area contributed by atoms with Crippen LogP contribution in [0.4, 0.5) is 4.39 Å². The van der Waals surface area contributed by atoms with Gasteiger partial charge in [-0.2, -0.15) is 0 Å². The lowest BCUT2D eigenvalue weighted by molar-refractivity contribution is -0.150. The topological polar surface area (TPSA) is 46.5 Å². The van der Waals surface area contributed by atoms with Crippen molar-refractivity contribution in [3.63, 3.8) is 0 Å². The number of carboxylic acid groups (broad SMARTS) is 1. The van der Waals surface area contributed by atoms with Crippen LogP contribution >= 0.6 is 11.6 Å². The lowest BCUT2D eigenvalue weighted by Gasteiger charge is -2.12. The molecule has 0 aliphatic carbocycles. The largest absolute Gasteiger partial charge is 0.479 e. The van der Waals surface area contributed by atoms with Crippen molar-refractivity contribution in [1.29, 1.82) is 0 Å². The smallest absolute Gasteiger partial charge is 0.337 e.